The number of carbonyl (C=O) groups excluding carboxylic acids is 2. The van der Waals surface area contributed by atoms with Crippen molar-refractivity contribution >= 4 is 18.0 Å². The SMILES string of the molecule is O=C(O)CC(NC(=O)[C@H]1C[C@H]1CNC(=O)OCC1c2ccccc2-c2ccccc21)C1CCC1. The van der Waals surface area contributed by atoms with Crippen LogP contribution < -0.4 is 10.6 Å². The van der Waals surface area contributed by atoms with Gasteiger partial charge in [0.25, 0.3) is 0 Å². The Balaban J connectivity index is 1.08. The fraction of sp³-hybridized carbons (Fsp3) is 0.444. The fourth-order valence-electron chi connectivity index (χ4n) is 5.31. The van der Waals surface area contributed by atoms with Crippen LogP contribution in [0.1, 0.15) is 49.1 Å². The summed E-state index contributed by atoms with van der Waals surface area (Å²) in [6.07, 6.45) is 3.20. The molecule has 0 aliphatic heterocycles. The van der Waals surface area contributed by atoms with E-state index in [0.717, 1.165) is 30.4 Å². The van der Waals surface area contributed by atoms with Crippen LogP contribution in [0, 0.1) is 17.8 Å². The highest BCUT2D eigenvalue weighted by atomic mass is 16.5. The van der Waals surface area contributed by atoms with Crippen molar-refractivity contribution in [1.29, 1.82) is 0 Å². The minimum absolute atomic E-state index is 0.00951. The minimum Gasteiger partial charge on any atom is -0.481 e. The number of hydrogen-bond acceptors (Lipinski definition) is 4. The van der Waals surface area contributed by atoms with Crippen molar-refractivity contribution < 1.29 is 24.2 Å². The summed E-state index contributed by atoms with van der Waals surface area (Å²) in [7, 11) is 0. The average Bonchev–Trinajstić information content (AvgIpc) is 3.50. The molecule has 0 spiro atoms. The highest BCUT2D eigenvalue weighted by Gasteiger charge is 2.44. The minimum atomic E-state index is -0.888. The molecule has 0 radical (unpaired) electrons. The summed E-state index contributed by atoms with van der Waals surface area (Å²) in [6.45, 7) is 0.633. The Kier molecular flexibility index (Phi) is 6.26. The van der Waals surface area contributed by atoms with Crippen molar-refractivity contribution in [3.63, 3.8) is 0 Å². The molecule has 1 unspecified atom stereocenters. The van der Waals surface area contributed by atoms with E-state index >= 15 is 0 Å². The smallest absolute Gasteiger partial charge is 0.407 e. The van der Waals surface area contributed by atoms with Gasteiger partial charge in [0.1, 0.15) is 6.61 Å². The van der Waals surface area contributed by atoms with Gasteiger partial charge in [-0.2, -0.15) is 0 Å². The van der Waals surface area contributed by atoms with Crippen LogP contribution in [0.5, 0.6) is 0 Å². The first-order valence-corrected chi connectivity index (χ1v) is 12.1. The highest BCUT2D eigenvalue weighted by molar-refractivity contribution is 5.83. The first kappa shape index (κ1) is 22.4. The van der Waals surface area contributed by atoms with Gasteiger partial charge in [-0.3, -0.25) is 9.59 Å². The molecule has 2 aromatic carbocycles. The molecule has 3 N–H and O–H groups in total. The van der Waals surface area contributed by atoms with Crippen LogP contribution in [0.2, 0.25) is 0 Å². The van der Waals surface area contributed by atoms with Crippen LogP contribution in [0.25, 0.3) is 11.1 Å². The summed E-state index contributed by atoms with van der Waals surface area (Å²) >= 11 is 0. The molecule has 0 bridgehead atoms. The Bertz CT molecular complexity index is 1050. The summed E-state index contributed by atoms with van der Waals surface area (Å²) in [6, 6.07) is 16.1. The molecule has 2 fully saturated rings. The predicted octanol–water partition coefficient (Wildman–Crippen LogP) is 3.92. The number of carbonyl (C=O) groups is 3. The van der Waals surface area contributed by atoms with E-state index in [0.29, 0.717) is 13.0 Å². The van der Waals surface area contributed by atoms with E-state index in [1.165, 1.54) is 11.1 Å². The van der Waals surface area contributed by atoms with Crippen LogP contribution >= 0.6 is 0 Å². The Hall–Kier alpha value is -3.35. The zero-order valence-electron chi connectivity index (χ0n) is 19.0. The molecule has 0 heterocycles. The molecule has 0 aromatic heterocycles. The van der Waals surface area contributed by atoms with Gasteiger partial charge in [-0.05, 0) is 53.4 Å². The summed E-state index contributed by atoms with van der Waals surface area (Å²) in [5.41, 5.74) is 4.69. The molecule has 3 aliphatic rings. The lowest BCUT2D eigenvalue weighted by Gasteiger charge is -2.33. The van der Waals surface area contributed by atoms with E-state index in [2.05, 4.69) is 34.9 Å². The van der Waals surface area contributed by atoms with Gasteiger partial charge in [0.2, 0.25) is 5.91 Å². The number of ether oxygens (including phenoxy) is 1. The molecular weight excluding hydrogens is 432 g/mol. The Morgan fingerprint density at radius 2 is 1.65 bits per heavy atom. The maximum absolute atomic E-state index is 12.6. The van der Waals surface area contributed by atoms with Crippen LogP contribution in [0.4, 0.5) is 4.79 Å². The highest BCUT2D eigenvalue weighted by Crippen LogP contribution is 2.44. The number of benzene rings is 2. The van der Waals surface area contributed by atoms with Crippen molar-refractivity contribution in [2.24, 2.45) is 17.8 Å². The van der Waals surface area contributed by atoms with Gasteiger partial charge >= 0.3 is 12.1 Å². The van der Waals surface area contributed by atoms with Crippen molar-refractivity contribution in [2.75, 3.05) is 13.2 Å². The number of rotatable bonds is 9. The molecule has 2 aromatic rings. The van der Waals surface area contributed by atoms with Crippen molar-refractivity contribution in [2.45, 2.75) is 44.1 Å². The third-order valence-electron chi connectivity index (χ3n) is 7.55. The quantitative estimate of drug-likeness (QED) is 0.524. The number of carboxylic acid groups (broad SMARTS) is 1. The Morgan fingerprint density at radius 3 is 2.24 bits per heavy atom. The van der Waals surface area contributed by atoms with E-state index in [1.807, 2.05) is 24.3 Å². The second-order valence-corrected chi connectivity index (χ2v) is 9.71. The molecule has 3 aliphatic carbocycles. The van der Waals surface area contributed by atoms with E-state index in [-0.39, 0.29) is 48.6 Å². The number of alkyl carbamates (subject to hydrolysis) is 1. The van der Waals surface area contributed by atoms with Crippen LogP contribution in [0.15, 0.2) is 48.5 Å². The number of fused-ring (bicyclic) bond motifs is 3. The van der Waals surface area contributed by atoms with Crippen LogP contribution in [0.3, 0.4) is 0 Å². The lowest BCUT2D eigenvalue weighted by molar-refractivity contribution is -0.138. The molecule has 34 heavy (non-hydrogen) atoms. The van der Waals surface area contributed by atoms with Gasteiger partial charge in [-0.25, -0.2) is 4.79 Å². The molecule has 178 valence electrons. The molecule has 5 rings (SSSR count). The van der Waals surface area contributed by atoms with E-state index in [1.54, 1.807) is 0 Å². The number of carboxylic acids is 1. The molecule has 2 saturated carbocycles. The average molecular weight is 463 g/mol. The first-order valence-electron chi connectivity index (χ1n) is 12.1. The first-order chi connectivity index (χ1) is 16.5. The van der Waals surface area contributed by atoms with Crippen LogP contribution in [-0.2, 0) is 14.3 Å². The predicted molar refractivity (Wildman–Crippen MR) is 126 cm³/mol. The third-order valence-corrected chi connectivity index (χ3v) is 7.55. The lowest BCUT2D eigenvalue weighted by Crippen LogP contribution is -2.45. The van der Waals surface area contributed by atoms with Crippen molar-refractivity contribution in [1.82, 2.24) is 10.6 Å². The Labute approximate surface area is 198 Å². The van der Waals surface area contributed by atoms with Crippen molar-refractivity contribution in [3.05, 3.63) is 59.7 Å². The normalized spacial score (nSPS) is 21.5. The maximum atomic E-state index is 12.6. The van der Waals surface area contributed by atoms with Gasteiger partial charge in [0, 0.05) is 24.4 Å². The second-order valence-electron chi connectivity index (χ2n) is 9.71. The maximum Gasteiger partial charge on any atom is 0.407 e. The lowest BCUT2D eigenvalue weighted by atomic mass is 9.78. The largest absolute Gasteiger partial charge is 0.481 e. The van der Waals surface area contributed by atoms with Crippen LogP contribution in [-0.4, -0.2) is 42.3 Å². The number of amides is 2. The standard InChI is InChI=1S/C27H30N2O5/c30-25(31)13-24(16-6-5-7-16)29-26(32)22-12-17(22)14-28-27(33)34-15-23-20-10-3-1-8-18(20)19-9-2-4-11-21(19)23/h1-4,8-11,16-17,22-24H,5-7,12-15H2,(H,28,33)(H,29,32)(H,30,31)/t17-,22-,24?/m0/s1. The van der Waals surface area contributed by atoms with E-state index < -0.39 is 12.1 Å². The number of nitrogens with one attached hydrogen (secondary N) is 2. The molecular formula is C27H30N2O5. The summed E-state index contributed by atoms with van der Waals surface area (Å²) in [5, 5.41) is 14.9. The summed E-state index contributed by atoms with van der Waals surface area (Å²) < 4.78 is 5.56. The topological polar surface area (TPSA) is 105 Å². The van der Waals surface area contributed by atoms with Gasteiger partial charge in [0.05, 0.1) is 6.42 Å². The number of hydrogen-bond donors (Lipinski definition) is 3. The monoisotopic (exact) mass is 462 g/mol. The molecule has 3 atom stereocenters. The van der Waals surface area contributed by atoms with Gasteiger partial charge in [-0.1, -0.05) is 55.0 Å². The molecule has 7 nitrogen and oxygen atoms in total. The van der Waals surface area contributed by atoms with E-state index in [9.17, 15) is 14.4 Å². The zero-order valence-corrected chi connectivity index (χ0v) is 19.0. The zero-order chi connectivity index (χ0) is 23.7. The van der Waals surface area contributed by atoms with E-state index in [4.69, 9.17) is 9.84 Å². The summed E-state index contributed by atoms with van der Waals surface area (Å²) in [5.74, 6) is -0.831. The number of aliphatic carboxylic acids is 1. The third kappa shape index (κ3) is 4.65. The van der Waals surface area contributed by atoms with Crippen molar-refractivity contribution in [3.8, 4) is 11.1 Å². The molecule has 2 amide bonds. The van der Waals surface area contributed by atoms with Gasteiger partial charge in [-0.15, -0.1) is 0 Å². The summed E-state index contributed by atoms with van der Waals surface area (Å²) in [4.78, 5) is 36.1. The second kappa shape index (κ2) is 9.49. The fourth-order valence-corrected chi connectivity index (χ4v) is 5.31. The Morgan fingerprint density at radius 1 is 1.00 bits per heavy atom. The molecule has 0 saturated heterocycles. The van der Waals surface area contributed by atoms with Gasteiger partial charge < -0.3 is 20.5 Å². The molecule has 7 heteroatoms. The van der Waals surface area contributed by atoms with Gasteiger partial charge in [0.15, 0.2) is 0 Å².